The Kier molecular flexibility index (Phi) is 6.88. The van der Waals surface area contributed by atoms with Crippen LogP contribution in [0.15, 0.2) is 40.6 Å². The lowest BCUT2D eigenvalue weighted by Crippen LogP contribution is -2.37. The van der Waals surface area contributed by atoms with E-state index in [1.807, 2.05) is 11.4 Å². The first-order valence-corrected chi connectivity index (χ1v) is 10.5. The van der Waals surface area contributed by atoms with Crippen LogP contribution in [0.2, 0.25) is 5.02 Å². The van der Waals surface area contributed by atoms with E-state index in [-0.39, 0.29) is 29.5 Å². The SMILES string of the molecule is O=C(CCc1cc(Cl)cs1)NCCN1C(=O)SC(=Cc2ccccc2F)C1=O. The molecule has 1 saturated heterocycles. The van der Waals surface area contributed by atoms with Gasteiger partial charge < -0.3 is 5.32 Å². The average Bonchev–Trinajstić information content (AvgIpc) is 3.19. The number of thioether (sulfide) groups is 1. The molecule has 1 aromatic carbocycles. The van der Waals surface area contributed by atoms with Crippen LogP contribution in [0, 0.1) is 5.82 Å². The van der Waals surface area contributed by atoms with Crippen molar-refractivity contribution in [1.82, 2.24) is 10.2 Å². The number of amides is 3. The Hall–Kier alpha value is -2.16. The smallest absolute Gasteiger partial charge is 0.293 e. The van der Waals surface area contributed by atoms with Crippen molar-refractivity contribution in [2.24, 2.45) is 0 Å². The summed E-state index contributed by atoms with van der Waals surface area (Å²) < 4.78 is 13.7. The summed E-state index contributed by atoms with van der Waals surface area (Å²) in [6.45, 7) is 0.227. The Labute approximate surface area is 174 Å². The number of hydrogen-bond acceptors (Lipinski definition) is 5. The third kappa shape index (κ3) is 5.21. The first kappa shape index (κ1) is 20.6. The van der Waals surface area contributed by atoms with Crippen LogP contribution in [0.3, 0.4) is 0 Å². The highest BCUT2D eigenvalue weighted by molar-refractivity contribution is 8.18. The molecule has 0 aliphatic carbocycles. The van der Waals surface area contributed by atoms with Crippen molar-refractivity contribution < 1.29 is 18.8 Å². The zero-order valence-corrected chi connectivity index (χ0v) is 17.0. The molecule has 0 atom stereocenters. The van der Waals surface area contributed by atoms with E-state index < -0.39 is 17.0 Å². The maximum absolute atomic E-state index is 13.7. The van der Waals surface area contributed by atoms with Gasteiger partial charge in [0.1, 0.15) is 5.82 Å². The molecule has 0 radical (unpaired) electrons. The fraction of sp³-hybridized carbons (Fsp3) is 0.211. The molecule has 2 heterocycles. The van der Waals surface area contributed by atoms with Crippen LogP contribution < -0.4 is 5.32 Å². The molecular weight excluding hydrogens is 423 g/mol. The van der Waals surface area contributed by atoms with Crippen LogP contribution in [0.1, 0.15) is 16.9 Å². The number of hydrogen-bond donors (Lipinski definition) is 1. The highest BCUT2D eigenvalue weighted by Gasteiger charge is 2.34. The summed E-state index contributed by atoms with van der Waals surface area (Å²) in [6.07, 6.45) is 2.24. The molecule has 5 nitrogen and oxygen atoms in total. The topological polar surface area (TPSA) is 66.5 Å². The van der Waals surface area contributed by atoms with E-state index in [1.165, 1.54) is 29.5 Å². The van der Waals surface area contributed by atoms with Gasteiger partial charge in [-0.25, -0.2) is 4.39 Å². The Bertz CT molecular complexity index is 945. The van der Waals surface area contributed by atoms with Crippen molar-refractivity contribution in [3.8, 4) is 0 Å². The molecule has 28 heavy (non-hydrogen) atoms. The van der Waals surface area contributed by atoms with E-state index in [2.05, 4.69) is 5.32 Å². The standard InChI is InChI=1S/C19H16ClFN2O3S2/c20-13-10-14(27-11-13)5-6-17(24)22-7-8-23-18(25)16(28-19(23)26)9-12-3-1-2-4-15(12)21/h1-4,9-11H,5-8H2,(H,22,24). The number of imide groups is 1. The molecular formula is C19H16ClFN2O3S2. The maximum Gasteiger partial charge on any atom is 0.293 e. The Balaban J connectivity index is 1.49. The minimum absolute atomic E-state index is 0.0653. The molecule has 3 amide bonds. The number of nitrogens with zero attached hydrogens (tertiary/aromatic N) is 1. The van der Waals surface area contributed by atoms with Gasteiger partial charge in [0.05, 0.1) is 9.93 Å². The summed E-state index contributed by atoms with van der Waals surface area (Å²) in [5.41, 5.74) is 0.245. The number of aryl methyl sites for hydroxylation is 1. The second kappa shape index (κ2) is 9.36. The van der Waals surface area contributed by atoms with E-state index in [0.717, 1.165) is 21.5 Å². The highest BCUT2D eigenvalue weighted by Crippen LogP contribution is 2.32. The lowest BCUT2D eigenvalue weighted by atomic mass is 10.2. The van der Waals surface area contributed by atoms with Gasteiger partial charge in [0, 0.05) is 35.3 Å². The van der Waals surface area contributed by atoms with Gasteiger partial charge >= 0.3 is 0 Å². The molecule has 1 aliphatic rings. The van der Waals surface area contributed by atoms with E-state index in [9.17, 15) is 18.8 Å². The first-order valence-electron chi connectivity index (χ1n) is 8.43. The maximum atomic E-state index is 13.7. The molecule has 0 spiro atoms. The predicted molar refractivity (Wildman–Crippen MR) is 110 cm³/mol. The van der Waals surface area contributed by atoms with E-state index in [4.69, 9.17) is 11.6 Å². The van der Waals surface area contributed by atoms with Crippen LogP contribution in [-0.4, -0.2) is 35.0 Å². The van der Waals surface area contributed by atoms with Crippen molar-refractivity contribution in [1.29, 1.82) is 0 Å². The van der Waals surface area contributed by atoms with Crippen LogP contribution >= 0.6 is 34.7 Å². The van der Waals surface area contributed by atoms with Crippen molar-refractivity contribution in [2.75, 3.05) is 13.1 Å². The van der Waals surface area contributed by atoms with Gasteiger partial charge in [0.25, 0.3) is 11.1 Å². The lowest BCUT2D eigenvalue weighted by Gasteiger charge is -2.12. The first-order chi connectivity index (χ1) is 13.4. The summed E-state index contributed by atoms with van der Waals surface area (Å²) >= 11 is 8.10. The Morgan fingerprint density at radius 2 is 2.07 bits per heavy atom. The predicted octanol–water partition coefficient (Wildman–Crippen LogP) is 4.33. The number of carbonyl (C=O) groups is 3. The highest BCUT2D eigenvalue weighted by atomic mass is 35.5. The summed E-state index contributed by atoms with van der Waals surface area (Å²) in [5, 5.41) is 4.73. The molecule has 1 fully saturated rings. The zero-order valence-electron chi connectivity index (χ0n) is 14.6. The van der Waals surface area contributed by atoms with Gasteiger partial charge in [-0.3, -0.25) is 19.3 Å². The van der Waals surface area contributed by atoms with Crippen LogP contribution in [0.5, 0.6) is 0 Å². The monoisotopic (exact) mass is 438 g/mol. The summed E-state index contributed by atoms with van der Waals surface area (Å²) in [6, 6.07) is 7.84. The number of thiophene rings is 1. The van der Waals surface area contributed by atoms with Crippen molar-refractivity contribution >= 4 is 57.8 Å². The molecule has 1 aromatic heterocycles. The fourth-order valence-corrected chi connectivity index (χ4v) is 4.48. The van der Waals surface area contributed by atoms with Gasteiger partial charge in [-0.2, -0.15) is 0 Å². The summed E-state index contributed by atoms with van der Waals surface area (Å²) in [4.78, 5) is 38.6. The van der Waals surface area contributed by atoms with E-state index >= 15 is 0 Å². The van der Waals surface area contributed by atoms with Gasteiger partial charge in [-0.05, 0) is 36.4 Å². The number of nitrogens with one attached hydrogen (secondary N) is 1. The zero-order chi connectivity index (χ0) is 20.1. The fourth-order valence-electron chi connectivity index (χ4n) is 2.54. The van der Waals surface area contributed by atoms with Crippen LogP contribution in [0.25, 0.3) is 6.08 Å². The number of benzene rings is 1. The minimum atomic E-state index is -0.485. The molecule has 1 N–H and O–H groups in total. The molecule has 3 rings (SSSR count). The normalized spacial score (nSPS) is 15.5. The van der Waals surface area contributed by atoms with E-state index in [1.54, 1.807) is 12.1 Å². The second-order valence-electron chi connectivity index (χ2n) is 5.94. The van der Waals surface area contributed by atoms with Gasteiger partial charge in [-0.1, -0.05) is 29.8 Å². The van der Waals surface area contributed by atoms with Gasteiger partial charge in [-0.15, -0.1) is 11.3 Å². The largest absolute Gasteiger partial charge is 0.354 e. The quantitative estimate of drug-likeness (QED) is 0.653. The average molecular weight is 439 g/mol. The molecule has 2 aromatic rings. The van der Waals surface area contributed by atoms with Crippen LogP contribution in [0.4, 0.5) is 9.18 Å². The van der Waals surface area contributed by atoms with Crippen LogP contribution in [-0.2, 0) is 16.0 Å². The Morgan fingerprint density at radius 1 is 1.29 bits per heavy atom. The number of rotatable bonds is 7. The number of halogens is 2. The minimum Gasteiger partial charge on any atom is -0.354 e. The van der Waals surface area contributed by atoms with Crippen molar-refractivity contribution in [3.05, 3.63) is 61.9 Å². The lowest BCUT2D eigenvalue weighted by molar-refractivity contribution is -0.124. The molecule has 0 unspecified atom stereocenters. The third-order valence-electron chi connectivity index (χ3n) is 3.94. The van der Waals surface area contributed by atoms with Crippen molar-refractivity contribution in [2.45, 2.75) is 12.8 Å². The molecule has 1 aliphatic heterocycles. The summed E-state index contributed by atoms with van der Waals surface area (Å²) in [5.74, 6) is -1.12. The molecule has 9 heteroatoms. The summed E-state index contributed by atoms with van der Waals surface area (Å²) in [7, 11) is 0. The van der Waals surface area contributed by atoms with Crippen molar-refractivity contribution in [3.63, 3.8) is 0 Å². The van der Waals surface area contributed by atoms with Gasteiger partial charge in [0.2, 0.25) is 5.91 Å². The molecule has 0 bridgehead atoms. The number of carbonyl (C=O) groups excluding carboxylic acids is 3. The second-order valence-corrected chi connectivity index (χ2v) is 8.36. The molecule has 0 saturated carbocycles. The van der Waals surface area contributed by atoms with E-state index in [0.29, 0.717) is 17.9 Å². The molecule has 146 valence electrons. The van der Waals surface area contributed by atoms with Gasteiger partial charge in [0.15, 0.2) is 0 Å². The Morgan fingerprint density at radius 3 is 2.79 bits per heavy atom. The third-order valence-corrected chi connectivity index (χ3v) is 6.19.